The summed E-state index contributed by atoms with van der Waals surface area (Å²) < 4.78 is 11.3. The van der Waals surface area contributed by atoms with E-state index >= 15 is 0 Å². The molecule has 5 nitrogen and oxygen atoms in total. The van der Waals surface area contributed by atoms with Crippen LogP contribution in [0.15, 0.2) is 60.7 Å². The Morgan fingerprint density at radius 2 is 1.56 bits per heavy atom. The Kier molecular flexibility index (Phi) is 5.72. The molecule has 32 heavy (non-hydrogen) atoms. The molecule has 0 aliphatic carbocycles. The standard InChI is InChI=1S/C26H28ClN3O2/c1-16-4-6-17(7-5-16)14-30-15-21-25(18-8-10-19(27)11-9-18)28-29-26(21)20-12-23(31-2)24(32-3)13-22(20)30/h4-13,21,25-26,28-29H,14-15H2,1-3H3. The molecular formula is C26H28ClN3O2. The Morgan fingerprint density at radius 3 is 2.25 bits per heavy atom. The molecule has 166 valence electrons. The van der Waals surface area contributed by atoms with E-state index in [9.17, 15) is 0 Å². The Bertz CT molecular complexity index is 1100. The van der Waals surface area contributed by atoms with Gasteiger partial charge in [0.05, 0.1) is 26.3 Å². The van der Waals surface area contributed by atoms with Crippen LogP contribution in [0.4, 0.5) is 5.69 Å². The number of benzene rings is 3. The monoisotopic (exact) mass is 449 g/mol. The largest absolute Gasteiger partial charge is 0.493 e. The number of halogens is 1. The lowest BCUT2D eigenvalue weighted by Gasteiger charge is -2.39. The molecule has 0 amide bonds. The van der Waals surface area contributed by atoms with Crippen LogP contribution in [0, 0.1) is 12.8 Å². The van der Waals surface area contributed by atoms with E-state index in [1.165, 1.54) is 27.9 Å². The van der Waals surface area contributed by atoms with E-state index in [0.29, 0.717) is 5.92 Å². The lowest BCUT2D eigenvalue weighted by molar-refractivity contribution is 0.350. The van der Waals surface area contributed by atoms with E-state index in [2.05, 4.69) is 71.2 Å². The quantitative estimate of drug-likeness (QED) is 0.561. The van der Waals surface area contributed by atoms with Crippen molar-refractivity contribution in [2.45, 2.75) is 25.6 Å². The molecular weight excluding hydrogens is 422 g/mol. The van der Waals surface area contributed by atoms with E-state index in [1.807, 2.05) is 12.1 Å². The maximum atomic E-state index is 6.14. The summed E-state index contributed by atoms with van der Waals surface area (Å²) in [7, 11) is 3.37. The Hall–Kier alpha value is -2.73. The van der Waals surface area contributed by atoms with E-state index in [4.69, 9.17) is 21.1 Å². The molecule has 3 atom stereocenters. The lowest BCUT2D eigenvalue weighted by Crippen LogP contribution is -2.39. The second kappa shape index (κ2) is 8.66. The van der Waals surface area contributed by atoms with E-state index in [-0.39, 0.29) is 12.1 Å². The summed E-state index contributed by atoms with van der Waals surface area (Å²) in [6.07, 6.45) is 0. The Morgan fingerprint density at radius 1 is 0.906 bits per heavy atom. The van der Waals surface area contributed by atoms with Gasteiger partial charge < -0.3 is 14.4 Å². The minimum atomic E-state index is 0.166. The van der Waals surface area contributed by atoms with Gasteiger partial charge in [-0.25, -0.2) is 10.9 Å². The van der Waals surface area contributed by atoms with Crippen LogP contribution in [0.5, 0.6) is 11.5 Å². The fraction of sp³-hybridized carbons (Fsp3) is 0.308. The molecule has 0 aromatic heterocycles. The number of ether oxygens (including phenoxy) is 2. The number of aryl methyl sites for hydroxylation is 1. The number of methoxy groups -OCH3 is 2. The number of nitrogens with one attached hydrogen (secondary N) is 2. The van der Waals surface area contributed by atoms with Gasteiger partial charge in [-0.1, -0.05) is 53.6 Å². The van der Waals surface area contributed by atoms with E-state index in [0.717, 1.165) is 29.6 Å². The zero-order valence-corrected chi connectivity index (χ0v) is 19.3. The van der Waals surface area contributed by atoms with Gasteiger partial charge in [0.2, 0.25) is 0 Å². The lowest BCUT2D eigenvalue weighted by atomic mass is 9.81. The maximum absolute atomic E-state index is 6.14. The van der Waals surface area contributed by atoms with Crippen LogP contribution in [-0.4, -0.2) is 20.8 Å². The zero-order chi connectivity index (χ0) is 22.2. The van der Waals surface area contributed by atoms with Gasteiger partial charge in [-0.05, 0) is 41.8 Å². The molecule has 0 radical (unpaired) electrons. The van der Waals surface area contributed by atoms with Gasteiger partial charge in [-0.3, -0.25) is 0 Å². The van der Waals surface area contributed by atoms with E-state index in [1.54, 1.807) is 14.2 Å². The SMILES string of the molecule is COc1cc2c(cc1OC)N(Cc1ccc(C)cc1)CC1C(c3ccc(Cl)cc3)NNC21. The highest BCUT2D eigenvalue weighted by Crippen LogP contribution is 2.48. The maximum Gasteiger partial charge on any atom is 0.162 e. The summed E-state index contributed by atoms with van der Waals surface area (Å²) in [6, 6.07) is 21.5. The average molecular weight is 450 g/mol. The van der Waals surface area contributed by atoms with E-state index < -0.39 is 0 Å². The van der Waals surface area contributed by atoms with Gasteiger partial charge in [-0.15, -0.1) is 0 Å². The molecule has 1 saturated heterocycles. The first-order valence-electron chi connectivity index (χ1n) is 10.9. The summed E-state index contributed by atoms with van der Waals surface area (Å²) in [5.74, 6) is 1.84. The smallest absolute Gasteiger partial charge is 0.162 e. The van der Waals surface area contributed by atoms with Crippen molar-refractivity contribution in [1.82, 2.24) is 10.9 Å². The molecule has 2 aliphatic heterocycles. The zero-order valence-electron chi connectivity index (χ0n) is 18.6. The molecule has 5 rings (SSSR count). The van der Waals surface area contributed by atoms with Crippen LogP contribution < -0.4 is 25.2 Å². The van der Waals surface area contributed by atoms with Gasteiger partial charge >= 0.3 is 0 Å². The molecule has 2 heterocycles. The van der Waals surface area contributed by atoms with Crippen LogP contribution in [0.3, 0.4) is 0 Å². The van der Waals surface area contributed by atoms with Crippen LogP contribution >= 0.6 is 11.6 Å². The first-order chi connectivity index (χ1) is 15.6. The second-order valence-electron chi connectivity index (χ2n) is 8.59. The van der Waals surface area contributed by atoms with Crippen molar-refractivity contribution in [3.05, 3.63) is 87.9 Å². The van der Waals surface area contributed by atoms with Gasteiger partial charge in [0, 0.05) is 35.8 Å². The number of fused-ring (bicyclic) bond motifs is 3. The highest BCUT2D eigenvalue weighted by Gasteiger charge is 2.43. The summed E-state index contributed by atoms with van der Waals surface area (Å²) in [5.41, 5.74) is 13.3. The molecule has 0 saturated carbocycles. The summed E-state index contributed by atoms with van der Waals surface area (Å²) in [5, 5.41) is 0.753. The third-order valence-corrected chi connectivity index (χ3v) is 6.87. The van der Waals surface area contributed by atoms with Gasteiger partial charge in [0.1, 0.15) is 0 Å². The molecule has 3 unspecified atom stereocenters. The van der Waals surface area contributed by atoms with Gasteiger partial charge in [0.25, 0.3) is 0 Å². The van der Waals surface area contributed by atoms with Crippen LogP contribution in [0.1, 0.15) is 34.3 Å². The number of anilines is 1. The van der Waals surface area contributed by atoms with Crippen molar-refractivity contribution in [2.24, 2.45) is 5.92 Å². The Balaban J connectivity index is 1.55. The minimum absolute atomic E-state index is 0.166. The molecule has 3 aromatic carbocycles. The van der Waals surface area contributed by atoms with Crippen molar-refractivity contribution in [3.8, 4) is 11.5 Å². The van der Waals surface area contributed by atoms with Crippen molar-refractivity contribution < 1.29 is 9.47 Å². The Labute approximate surface area is 194 Å². The first kappa shape index (κ1) is 21.1. The molecule has 3 aromatic rings. The number of hydrogen-bond donors (Lipinski definition) is 2. The normalized spacial score (nSPS) is 21.8. The van der Waals surface area contributed by atoms with Crippen molar-refractivity contribution in [3.63, 3.8) is 0 Å². The van der Waals surface area contributed by atoms with Crippen molar-refractivity contribution >= 4 is 17.3 Å². The first-order valence-corrected chi connectivity index (χ1v) is 11.3. The number of hydrogen-bond acceptors (Lipinski definition) is 5. The van der Waals surface area contributed by atoms with Gasteiger partial charge in [0.15, 0.2) is 11.5 Å². The highest BCUT2D eigenvalue weighted by molar-refractivity contribution is 6.30. The second-order valence-corrected chi connectivity index (χ2v) is 9.03. The fourth-order valence-corrected chi connectivity index (χ4v) is 5.06. The van der Waals surface area contributed by atoms with Crippen LogP contribution in [0.2, 0.25) is 5.02 Å². The van der Waals surface area contributed by atoms with Gasteiger partial charge in [-0.2, -0.15) is 0 Å². The van der Waals surface area contributed by atoms with Crippen LogP contribution in [-0.2, 0) is 6.54 Å². The molecule has 2 N–H and O–H groups in total. The summed E-state index contributed by atoms with van der Waals surface area (Å²) >= 11 is 6.14. The molecule has 1 fully saturated rings. The number of rotatable bonds is 5. The minimum Gasteiger partial charge on any atom is -0.493 e. The predicted octanol–water partition coefficient (Wildman–Crippen LogP) is 5.19. The van der Waals surface area contributed by atoms with Crippen molar-refractivity contribution in [1.29, 1.82) is 0 Å². The topological polar surface area (TPSA) is 45.8 Å². The number of hydrazine groups is 1. The molecule has 6 heteroatoms. The number of nitrogens with zero attached hydrogens (tertiary/aromatic N) is 1. The fourth-order valence-electron chi connectivity index (χ4n) is 4.93. The van der Waals surface area contributed by atoms with Crippen LogP contribution in [0.25, 0.3) is 0 Å². The molecule has 2 aliphatic rings. The van der Waals surface area contributed by atoms with Crippen molar-refractivity contribution in [2.75, 3.05) is 25.7 Å². The molecule has 0 spiro atoms. The predicted molar refractivity (Wildman–Crippen MR) is 128 cm³/mol. The third-order valence-electron chi connectivity index (χ3n) is 6.61. The molecule has 0 bridgehead atoms. The third kappa shape index (κ3) is 3.81. The average Bonchev–Trinajstić information content (AvgIpc) is 3.24. The summed E-state index contributed by atoms with van der Waals surface area (Å²) in [4.78, 5) is 2.46. The highest BCUT2D eigenvalue weighted by atomic mass is 35.5. The summed E-state index contributed by atoms with van der Waals surface area (Å²) in [6.45, 7) is 3.86.